The zero-order chi connectivity index (χ0) is 13.8. The normalized spacial score (nSPS) is 23.1. The van der Waals surface area contributed by atoms with Crippen LogP contribution in [0.3, 0.4) is 0 Å². The summed E-state index contributed by atoms with van der Waals surface area (Å²) in [6.07, 6.45) is 1.29. The molecule has 0 amide bonds. The number of nitrogens with one attached hydrogen (secondary N) is 1. The van der Waals surface area contributed by atoms with E-state index in [1.165, 1.54) is 25.1 Å². The van der Waals surface area contributed by atoms with E-state index in [-0.39, 0.29) is 0 Å². The third-order valence-corrected chi connectivity index (χ3v) is 4.23. The highest BCUT2D eigenvalue weighted by Crippen LogP contribution is 2.18. The van der Waals surface area contributed by atoms with E-state index in [1.807, 2.05) is 0 Å². The highest BCUT2D eigenvalue weighted by Gasteiger charge is 2.23. The Kier molecular flexibility index (Phi) is 4.21. The summed E-state index contributed by atoms with van der Waals surface area (Å²) in [6.45, 7) is 6.52. The van der Waals surface area contributed by atoms with Crippen molar-refractivity contribution in [1.29, 1.82) is 0 Å². The van der Waals surface area contributed by atoms with Crippen LogP contribution >= 0.6 is 0 Å². The lowest BCUT2D eigenvalue weighted by atomic mass is 10.1. The Morgan fingerprint density at radius 3 is 2.85 bits per heavy atom. The summed E-state index contributed by atoms with van der Waals surface area (Å²) >= 11 is 0. The van der Waals surface area contributed by atoms with Gasteiger partial charge in [-0.15, -0.1) is 0 Å². The van der Waals surface area contributed by atoms with Crippen molar-refractivity contribution in [3.63, 3.8) is 0 Å². The second kappa shape index (κ2) is 6.27. The average Bonchev–Trinajstić information content (AvgIpc) is 3.07. The topological polar surface area (TPSA) is 30.9 Å². The molecular formula is C16H24N4. The molecule has 0 aromatic heterocycles. The van der Waals surface area contributed by atoms with Crippen molar-refractivity contribution in [1.82, 2.24) is 15.1 Å². The number of nitrogens with zero attached hydrogens (tertiary/aromatic N) is 3. The number of hydrogen-bond donors (Lipinski definition) is 1. The third-order valence-electron chi connectivity index (χ3n) is 4.23. The third kappa shape index (κ3) is 3.31. The summed E-state index contributed by atoms with van der Waals surface area (Å²) < 4.78 is 0. The molecule has 0 saturated carbocycles. The Morgan fingerprint density at radius 1 is 1.25 bits per heavy atom. The fourth-order valence-corrected chi connectivity index (χ4v) is 3.02. The zero-order valence-corrected chi connectivity index (χ0v) is 12.3. The molecule has 1 aromatic carbocycles. The van der Waals surface area contributed by atoms with Crippen LogP contribution in [0.1, 0.15) is 12.0 Å². The maximum Gasteiger partial charge on any atom is 0.193 e. The molecule has 20 heavy (non-hydrogen) atoms. The van der Waals surface area contributed by atoms with E-state index >= 15 is 0 Å². The summed E-state index contributed by atoms with van der Waals surface area (Å²) in [5.74, 6) is 1.82. The molecule has 1 atom stereocenters. The first kappa shape index (κ1) is 13.4. The van der Waals surface area contributed by atoms with Crippen molar-refractivity contribution in [2.45, 2.75) is 13.0 Å². The van der Waals surface area contributed by atoms with Crippen LogP contribution in [0, 0.1) is 5.92 Å². The van der Waals surface area contributed by atoms with Gasteiger partial charge in [0.2, 0.25) is 0 Å². The molecular weight excluding hydrogens is 248 g/mol. The smallest absolute Gasteiger partial charge is 0.193 e. The zero-order valence-electron chi connectivity index (χ0n) is 12.3. The minimum absolute atomic E-state index is 0.746. The van der Waals surface area contributed by atoms with E-state index in [0.29, 0.717) is 0 Å². The van der Waals surface area contributed by atoms with Gasteiger partial charge in [-0.2, -0.15) is 0 Å². The van der Waals surface area contributed by atoms with Crippen LogP contribution in [0.2, 0.25) is 0 Å². The molecule has 0 radical (unpaired) electrons. The molecule has 1 fully saturated rings. The van der Waals surface area contributed by atoms with Crippen LogP contribution < -0.4 is 5.32 Å². The molecule has 0 aliphatic carbocycles. The molecule has 108 valence electrons. The molecule has 0 spiro atoms. The van der Waals surface area contributed by atoms with Gasteiger partial charge < -0.3 is 10.2 Å². The van der Waals surface area contributed by atoms with Crippen LogP contribution in [0.4, 0.5) is 0 Å². The molecule has 3 rings (SSSR count). The fourth-order valence-electron chi connectivity index (χ4n) is 3.02. The van der Waals surface area contributed by atoms with Gasteiger partial charge in [0.15, 0.2) is 5.96 Å². The Bertz CT molecular complexity index is 457. The van der Waals surface area contributed by atoms with E-state index in [1.54, 1.807) is 0 Å². The Balaban J connectivity index is 1.43. The van der Waals surface area contributed by atoms with Gasteiger partial charge in [-0.05, 0) is 24.4 Å². The molecule has 1 N–H and O–H groups in total. The molecule has 4 nitrogen and oxygen atoms in total. The maximum atomic E-state index is 4.48. The van der Waals surface area contributed by atoms with Crippen molar-refractivity contribution in [2.24, 2.45) is 10.9 Å². The summed E-state index contributed by atoms with van der Waals surface area (Å²) in [7, 11) is 2.11. The summed E-state index contributed by atoms with van der Waals surface area (Å²) in [6, 6.07) is 10.8. The lowest BCUT2D eigenvalue weighted by molar-refractivity contribution is 0.316. The number of likely N-dealkylation sites (N-methyl/N-ethyl adjacent to an activating group) is 1. The molecule has 0 bridgehead atoms. The molecule has 2 heterocycles. The predicted molar refractivity (Wildman–Crippen MR) is 82.8 cm³/mol. The monoisotopic (exact) mass is 272 g/mol. The van der Waals surface area contributed by atoms with Crippen molar-refractivity contribution in [2.75, 3.05) is 39.8 Å². The quantitative estimate of drug-likeness (QED) is 0.899. The lowest BCUT2D eigenvalue weighted by Gasteiger charge is -2.19. The number of benzene rings is 1. The Hall–Kier alpha value is -1.55. The molecule has 1 unspecified atom stereocenters. The average molecular weight is 272 g/mol. The highest BCUT2D eigenvalue weighted by molar-refractivity contribution is 5.81. The first-order valence-corrected chi connectivity index (χ1v) is 7.57. The van der Waals surface area contributed by atoms with E-state index < -0.39 is 0 Å². The number of hydrogen-bond acceptors (Lipinski definition) is 4. The first-order valence-electron chi connectivity index (χ1n) is 7.57. The van der Waals surface area contributed by atoms with Crippen molar-refractivity contribution >= 4 is 5.96 Å². The van der Waals surface area contributed by atoms with Crippen LogP contribution in [0.5, 0.6) is 0 Å². The largest absolute Gasteiger partial charge is 0.356 e. The highest BCUT2D eigenvalue weighted by atomic mass is 15.3. The molecule has 4 heteroatoms. The van der Waals surface area contributed by atoms with Crippen molar-refractivity contribution in [3.8, 4) is 0 Å². The summed E-state index contributed by atoms with van der Waals surface area (Å²) in [4.78, 5) is 9.24. The SMILES string of the molecule is CN1CCN=C1NCC1CCN(Cc2ccccc2)C1. The van der Waals surface area contributed by atoms with Gasteiger partial charge >= 0.3 is 0 Å². The van der Waals surface area contributed by atoms with Gasteiger partial charge in [-0.25, -0.2) is 0 Å². The van der Waals surface area contributed by atoms with Crippen LogP contribution in [0.15, 0.2) is 35.3 Å². The van der Waals surface area contributed by atoms with Crippen LogP contribution in [-0.2, 0) is 6.54 Å². The van der Waals surface area contributed by atoms with E-state index in [0.717, 1.165) is 38.1 Å². The predicted octanol–water partition coefficient (Wildman–Crippen LogP) is 1.40. The minimum atomic E-state index is 0.746. The second-order valence-electron chi connectivity index (χ2n) is 5.88. The lowest BCUT2D eigenvalue weighted by Crippen LogP contribution is -2.38. The maximum absolute atomic E-state index is 4.48. The molecule has 1 saturated heterocycles. The van der Waals surface area contributed by atoms with E-state index in [4.69, 9.17) is 0 Å². The molecule has 1 aromatic rings. The summed E-state index contributed by atoms with van der Waals surface area (Å²) in [5, 5.41) is 3.51. The fraction of sp³-hybridized carbons (Fsp3) is 0.562. The van der Waals surface area contributed by atoms with Crippen LogP contribution in [0.25, 0.3) is 0 Å². The Labute approximate surface area is 121 Å². The van der Waals surface area contributed by atoms with Crippen LogP contribution in [-0.4, -0.2) is 55.5 Å². The number of likely N-dealkylation sites (tertiary alicyclic amines) is 1. The first-order chi connectivity index (χ1) is 9.81. The second-order valence-corrected chi connectivity index (χ2v) is 5.88. The van der Waals surface area contributed by atoms with Gasteiger partial charge in [0, 0.05) is 33.2 Å². The van der Waals surface area contributed by atoms with Gasteiger partial charge in [0.05, 0.1) is 6.54 Å². The summed E-state index contributed by atoms with van der Waals surface area (Å²) in [5.41, 5.74) is 1.42. The van der Waals surface area contributed by atoms with E-state index in [2.05, 4.69) is 57.5 Å². The van der Waals surface area contributed by atoms with E-state index in [9.17, 15) is 0 Å². The van der Waals surface area contributed by atoms with Gasteiger partial charge in [0.1, 0.15) is 0 Å². The minimum Gasteiger partial charge on any atom is -0.356 e. The van der Waals surface area contributed by atoms with Gasteiger partial charge in [-0.3, -0.25) is 9.89 Å². The van der Waals surface area contributed by atoms with Crippen molar-refractivity contribution in [3.05, 3.63) is 35.9 Å². The number of guanidine groups is 1. The van der Waals surface area contributed by atoms with Crippen molar-refractivity contribution < 1.29 is 0 Å². The van der Waals surface area contributed by atoms with Gasteiger partial charge in [0.25, 0.3) is 0 Å². The van der Waals surface area contributed by atoms with Gasteiger partial charge in [-0.1, -0.05) is 30.3 Å². The number of aliphatic imine (C=N–C) groups is 1. The molecule has 2 aliphatic heterocycles. The Morgan fingerprint density at radius 2 is 2.10 bits per heavy atom. The number of rotatable bonds is 4. The standard InChI is InChI=1S/C16H24N4/c1-19-10-8-17-16(19)18-11-15-7-9-20(13-15)12-14-5-3-2-4-6-14/h2-6,15H,7-13H2,1H3,(H,17,18). The molecule has 2 aliphatic rings.